The first-order valence-corrected chi connectivity index (χ1v) is 13.4. The molecule has 8 nitrogen and oxygen atoms in total. The molecule has 1 saturated heterocycles. The van der Waals surface area contributed by atoms with Crippen molar-refractivity contribution in [1.29, 1.82) is 0 Å². The lowest BCUT2D eigenvalue weighted by molar-refractivity contribution is -0.124. The molecule has 2 amide bonds. The summed E-state index contributed by atoms with van der Waals surface area (Å²) in [5.74, 6) is 2.18. The van der Waals surface area contributed by atoms with Crippen molar-refractivity contribution in [3.8, 4) is 17.2 Å². The van der Waals surface area contributed by atoms with Crippen molar-refractivity contribution in [2.45, 2.75) is 38.6 Å². The second-order valence-electron chi connectivity index (χ2n) is 10.8. The van der Waals surface area contributed by atoms with Gasteiger partial charge in [-0.2, -0.15) is 0 Å². The van der Waals surface area contributed by atoms with Crippen molar-refractivity contribution in [2.24, 2.45) is 11.8 Å². The molecule has 2 aromatic rings. The second-order valence-corrected chi connectivity index (χ2v) is 10.8. The third kappa shape index (κ3) is 5.75. The molecular weight excluding hydrogens is 482 g/mol. The number of carbonyl (C=O) groups is 2. The summed E-state index contributed by atoms with van der Waals surface area (Å²) >= 11 is 0. The van der Waals surface area contributed by atoms with Gasteiger partial charge in [0, 0.05) is 32.2 Å². The lowest BCUT2D eigenvalue weighted by Gasteiger charge is -2.40. The van der Waals surface area contributed by atoms with Crippen LogP contribution in [-0.2, 0) is 4.79 Å². The maximum atomic E-state index is 13.9. The standard InChI is InChI=1S/C30H41N3O5/c1-19-14-20(2)18-33(17-19)13-7-12-31-29(34)27-23-15-25(37-5)26(38-6)16-24(23)30(35)32(3)28(27)21-8-10-22(36-4)11-9-21/h8-11,15-16,19-20,27-28H,7,12-14,17-18H2,1-6H3,(H,31,34). The van der Waals surface area contributed by atoms with E-state index in [1.165, 1.54) is 13.5 Å². The Balaban J connectivity index is 1.60. The lowest BCUT2D eigenvalue weighted by Crippen LogP contribution is -2.46. The van der Waals surface area contributed by atoms with Gasteiger partial charge in [-0.1, -0.05) is 26.0 Å². The zero-order valence-electron chi connectivity index (χ0n) is 23.5. The predicted molar refractivity (Wildman–Crippen MR) is 147 cm³/mol. The number of nitrogens with zero attached hydrogens (tertiary/aromatic N) is 2. The van der Waals surface area contributed by atoms with E-state index in [0.717, 1.165) is 31.6 Å². The number of fused-ring (bicyclic) bond motifs is 1. The lowest BCUT2D eigenvalue weighted by atomic mass is 9.79. The van der Waals surface area contributed by atoms with Crippen LogP contribution in [0.25, 0.3) is 0 Å². The molecule has 0 aromatic heterocycles. The molecule has 0 saturated carbocycles. The first-order chi connectivity index (χ1) is 18.3. The Labute approximate surface area is 226 Å². The first kappa shape index (κ1) is 27.8. The van der Waals surface area contributed by atoms with Crippen LogP contribution >= 0.6 is 0 Å². The summed E-state index contributed by atoms with van der Waals surface area (Å²) in [7, 11) is 6.45. The second kappa shape index (κ2) is 12.1. The van der Waals surface area contributed by atoms with Gasteiger partial charge in [0.25, 0.3) is 5.91 Å². The van der Waals surface area contributed by atoms with Crippen molar-refractivity contribution in [3.63, 3.8) is 0 Å². The van der Waals surface area contributed by atoms with Gasteiger partial charge in [0.05, 0.1) is 33.3 Å². The molecule has 0 radical (unpaired) electrons. The zero-order valence-corrected chi connectivity index (χ0v) is 23.5. The molecule has 4 atom stereocenters. The largest absolute Gasteiger partial charge is 0.497 e. The highest BCUT2D eigenvalue weighted by Crippen LogP contribution is 2.45. The van der Waals surface area contributed by atoms with E-state index in [1.807, 2.05) is 24.3 Å². The summed E-state index contributed by atoms with van der Waals surface area (Å²) in [6.45, 7) is 8.38. The number of amides is 2. The smallest absolute Gasteiger partial charge is 0.254 e. The number of rotatable bonds is 9. The third-order valence-corrected chi connectivity index (χ3v) is 7.81. The average Bonchev–Trinajstić information content (AvgIpc) is 2.91. The predicted octanol–water partition coefficient (Wildman–Crippen LogP) is 4.11. The van der Waals surface area contributed by atoms with Gasteiger partial charge in [-0.15, -0.1) is 0 Å². The molecule has 4 rings (SSSR count). The van der Waals surface area contributed by atoms with Crippen LogP contribution < -0.4 is 19.5 Å². The monoisotopic (exact) mass is 523 g/mol. The van der Waals surface area contributed by atoms with Gasteiger partial charge < -0.3 is 29.3 Å². The van der Waals surface area contributed by atoms with Crippen LogP contribution in [-0.4, -0.2) is 76.2 Å². The molecule has 2 aliphatic heterocycles. The topological polar surface area (TPSA) is 80.3 Å². The van der Waals surface area contributed by atoms with Gasteiger partial charge >= 0.3 is 0 Å². The van der Waals surface area contributed by atoms with Crippen LogP contribution in [0, 0.1) is 11.8 Å². The Morgan fingerprint density at radius 2 is 1.61 bits per heavy atom. The number of piperidine rings is 1. The van der Waals surface area contributed by atoms with Gasteiger partial charge in [-0.05, 0) is 66.6 Å². The number of hydrogen-bond acceptors (Lipinski definition) is 6. The average molecular weight is 524 g/mol. The molecule has 2 heterocycles. The summed E-state index contributed by atoms with van der Waals surface area (Å²) in [4.78, 5) is 31.5. The fraction of sp³-hybridized carbons (Fsp3) is 0.533. The van der Waals surface area contributed by atoms with E-state index < -0.39 is 12.0 Å². The minimum atomic E-state index is -0.615. The molecule has 0 bridgehead atoms. The van der Waals surface area contributed by atoms with Crippen molar-refractivity contribution in [3.05, 3.63) is 53.1 Å². The minimum Gasteiger partial charge on any atom is -0.497 e. The zero-order chi connectivity index (χ0) is 27.4. The Morgan fingerprint density at radius 1 is 0.974 bits per heavy atom. The van der Waals surface area contributed by atoms with E-state index in [9.17, 15) is 9.59 Å². The number of nitrogens with one attached hydrogen (secondary N) is 1. The normalized spacial score (nSPS) is 23.5. The van der Waals surface area contributed by atoms with Crippen LogP contribution in [0.1, 0.15) is 60.1 Å². The minimum absolute atomic E-state index is 0.112. The van der Waals surface area contributed by atoms with Gasteiger partial charge in [-0.3, -0.25) is 9.59 Å². The van der Waals surface area contributed by atoms with Crippen molar-refractivity contribution in [2.75, 3.05) is 54.6 Å². The highest BCUT2D eigenvalue weighted by molar-refractivity contribution is 6.02. The van der Waals surface area contributed by atoms with Crippen molar-refractivity contribution in [1.82, 2.24) is 15.1 Å². The number of methoxy groups -OCH3 is 3. The third-order valence-electron chi connectivity index (χ3n) is 7.81. The number of likely N-dealkylation sites (tertiary alicyclic amines) is 1. The van der Waals surface area contributed by atoms with E-state index >= 15 is 0 Å². The van der Waals surface area contributed by atoms with Crippen LogP contribution in [0.5, 0.6) is 17.2 Å². The molecule has 2 aliphatic rings. The van der Waals surface area contributed by atoms with E-state index in [1.54, 1.807) is 38.3 Å². The van der Waals surface area contributed by atoms with Crippen LogP contribution in [0.4, 0.5) is 0 Å². The van der Waals surface area contributed by atoms with Crippen molar-refractivity contribution >= 4 is 11.8 Å². The van der Waals surface area contributed by atoms with Gasteiger partial charge in [0.2, 0.25) is 5.91 Å². The summed E-state index contributed by atoms with van der Waals surface area (Å²) in [6, 6.07) is 10.5. The fourth-order valence-corrected chi connectivity index (χ4v) is 6.15. The van der Waals surface area contributed by atoms with E-state index in [2.05, 4.69) is 24.1 Å². The Hall–Kier alpha value is -3.26. The summed E-state index contributed by atoms with van der Waals surface area (Å²) < 4.78 is 16.3. The van der Waals surface area contributed by atoms with E-state index in [0.29, 0.717) is 46.8 Å². The highest BCUT2D eigenvalue weighted by Gasteiger charge is 2.43. The number of carbonyl (C=O) groups excluding carboxylic acids is 2. The molecule has 2 aromatic carbocycles. The first-order valence-electron chi connectivity index (χ1n) is 13.4. The van der Waals surface area contributed by atoms with Gasteiger partial charge in [0.1, 0.15) is 5.75 Å². The van der Waals surface area contributed by atoms with Gasteiger partial charge in [0.15, 0.2) is 11.5 Å². The molecule has 1 fully saturated rings. The van der Waals surface area contributed by atoms with Crippen LogP contribution in [0.2, 0.25) is 0 Å². The highest BCUT2D eigenvalue weighted by atomic mass is 16.5. The van der Waals surface area contributed by atoms with E-state index in [4.69, 9.17) is 14.2 Å². The number of ether oxygens (including phenoxy) is 3. The number of hydrogen-bond donors (Lipinski definition) is 1. The SMILES string of the molecule is COc1ccc(C2C(C(=O)NCCCN3CC(C)CC(C)C3)c3cc(OC)c(OC)cc3C(=O)N2C)cc1. The number of benzene rings is 2. The molecule has 206 valence electrons. The summed E-state index contributed by atoms with van der Waals surface area (Å²) in [5, 5.41) is 3.18. The maximum absolute atomic E-state index is 13.9. The van der Waals surface area contributed by atoms with E-state index in [-0.39, 0.29) is 11.8 Å². The summed E-state index contributed by atoms with van der Waals surface area (Å²) in [5.41, 5.74) is 1.95. The Bertz CT molecular complexity index is 1130. The Morgan fingerprint density at radius 3 is 2.21 bits per heavy atom. The molecule has 38 heavy (non-hydrogen) atoms. The molecule has 0 aliphatic carbocycles. The van der Waals surface area contributed by atoms with Crippen molar-refractivity contribution < 1.29 is 23.8 Å². The molecule has 8 heteroatoms. The molecule has 1 N–H and O–H groups in total. The molecule has 4 unspecified atom stereocenters. The fourth-order valence-electron chi connectivity index (χ4n) is 6.15. The van der Waals surface area contributed by atoms with Crippen LogP contribution in [0.3, 0.4) is 0 Å². The molecule has 0 spiro atoms. The molecular formula is C30H41N3O5. The van der Waals surface area contributed by atoms with Crippen LogP contribution in [0.15, 0.2) is 36.4 Å². The van der Waals surface area contributed by atoms with Gasteiger partial charge in [-0.25, -0.2) is 0 Å². The quantitative estimate of drug-likeness (QED) is 0.499. The summed E-state index contributed by atoms with van der Waals surface area (Å²) in [6.07, 6.45) is 2.15. The Kier molecular flexibility index (Phi) is 8.82. The maximum Gasteiger partial charge on any atom is 0.254 e. The number of likely N-dealkylation sites (N-methyl/N-ethyl adjacent to an activating group) is 1.